The van der Waals surface area contributed by atoms with Gasteiger partial charge in [0, 0.05) is 17.4 Å². The Labute approximate surface area is 167 Å². The Morgan fingerprint density at radius 2 is 1.79 bits per heavy atom. The molecule has 29 heavy (non-hydrogen) atoms. The van der Waals surface area contributed by atoms with E-state index in [0.29, 0.717) is 11.3 Å². The smallest absolute Gasteiger partial charge is 0.435 e. The molecule has 0 saturated carbocycles. The summed E-state index contributed by atoms with van der Waals surface area (Å²) < 4.78 is 69.4. The van der Waals surface area contributed by atoms with Gasteiger partial charge in [0.25, 0.3) is 0 Å². The fourth-order valence-electron chi connectivity index (χ4n) is 2.64. The third kappa shape index (κ3) is 3.83. The predicted octanol–water partition coefficient (Wildman–Crippen LogP) is 4.68. The normalized spacial score (nSPS) is 12.4. The Balaban J connectivity index is 1.82. The summed E-state index contributed by atoms with van der Waals surface area (Å²) in [6.07, 6.45) is -1.03. The van der Waals surface area contributed by atoms with Crippen molar-refractivity contribution >= 4 is 21.2 Å². The van der Waals surface area contributed by atoms with Crippen LogP contribution in [0.5, 0.6) is 0 Å². The number of hydrogen-bond acceptors (Lipinski definition) is 6. The lowest BCUT2D eigenvalue weighted by Gasteiger charge is -2.05. The van der Waals surface area contributed by atoms with Gasteiger partial charge in [0.05, 0.1) is 18.2 Å². The molecule has 0 amide bonds. The molecule has 11 heteroatoms. The van der Waals surface area contributed by atoms with Crippen LogP contribution in [0.25, 0.3) is 27.7 Å². The SMILES string of the molecule is CS(=O)(=O)c1cnc(-n2nc(C(F)(F)F)cc2-c2ccc(-c3ccco3)cc2)s1. The molecule has 0 N–H and O–H groups in total. The Morgan fingerprint density at radius 3 is 2.34 bits per heavy atom. The van der Waals surface area contributed by atoms with Crippen molar-refractivity contribution in [3.63, 3.8) is 0 Å². The van der Waals surface area contributed by atoms with Crippen LogP contribution in [-0.2, 0) is 16.0 Å². The van der Waals surface area contributed by atoms with Crippen LogP contribution in [0, 0.1) is 0 Å². The van der Waals surface area contributed by atoms with Crippen LogP contribution in [-0.4, -0.2) is 29.4 Å². The highest BCUT2D eigenvalue weighted by atomic mass is 32.2. The summed E-state index contributed by atoms with van der Waals surface area (Å²) in [5.74, 6) is 0.624. The van der Waals surface area contributed by atoms with Crippen molar-refractivity contribution in [2.75, 3.05) is 6.26 Å². The molecule has 0 atom stereocenters. The number of halogens is 3. The second-order valence-corrected chi connectivity index (χ2v) is 9.36. The lowest BCUT2D eigenvalue weighted by molar-refractivity contribution is -0.141. The topological polar surface area (TPSA) is 78.0 Å². The van der Waals surface area contributed by atoms with E-state index in [1.54, 1.807) is 36.4 Å². The van der Waals surface area contributed by atoms with Gasteiger partial charge in [-0.05, 0) is 18.2 Å². The summed E-state index contributed by atoms with van der Waals surface area (Å²) >= 11 is 0.746. The molecule has 0 aliphatic carbocycles. The predicted molar refractivity (Wildman–Crippen MR) is 100 cm³/mol. The Kier molecular flexibility index (Phi) is 4.58. The molecule has 0 unspecified atom stereocenters. The monoisotopic (exact) mass is 439 g/mol. The van der Waals surface area contributed by atoms with Crippen molar-refractivity contribution < 1.29 is 26.0 Å². The van der Waals surface area contributed by atoms with Crippen LogP contribution in [0.1, 0.15) is 5.69 Å². The van der Waals surface area contributed by atoms with Crippen LogP contribution in [0.4, 0.5) is 13.2 Å². The van der Waals surface area contributed by atoms with E-state index < -0.39 is 21.7 Å². The Morgan fingerprint density at radius 1 is 1.10 bits per heavy atom. The first-order valence-corrected chi connectivity index (χ1v) is 10.8. The number of sulfone groups is 1. The maximum absolute atomic E-state index is 13.3. The van der Waals surface area contributed by atoms with Gasteiger partial charge in [-0.3, -0.25) is 0 Å². The van der Waals surface area contributed by atoms with E-state index in [4.69, 9.17) is 4.42 Å². The van der Waals surface area contributed by atoms with Crippen LogP contribution < -0.4 is 0 Å². The minimum absolute atomic E-state index is 0.0195. The van der Waals surface area contributed by atoms with Crippen LogP contribution in [0.2, 0.25) is 0 Å². The molecule has 4 rings (SSSR count). The molecule has 4 aromatic rings. The summed E-state index contributed by atoms with van der Waals surface area (Å²) in [5, 5.41) is 3.64. The summed E-state index contributed by atoms with van der Waals surface area (Å²) in [6.45, 7) is 0. The minimum Gasteiger partial charge on any atom is -0.464 e. The van der Waals surface area contributed by atoms with E-state index in [0.717, 1.165) is 40.1 Å². The van der Waals surface area contributed by atoms with Gasteiger partial charge in [0.2, 0.25) is 5.13 Å². The maximum atomic E-state index is 13.3. The van der Waals surface area contributed by atoms with Crippen molar-refractivity contribution in [2.24, 2.45) is 0 Å². The molecule has 0 bridgehead atoms. The largest absolute Gasteiger partial charge is 0.464 e. The van der Waals surface area contributed by atoms with Gasteiger partial charge in [-0.1, -0.05) is 35.6 Å². The van der Waals surface area contributed by atoms with E-state index in [1.807, 2.05) is 0 Å². The molecule has 3 aromatic heterocycles. The number of hydrogen-bond donors (Lipinski definition) is 0. The van der Waals surface area contributed by atoms with Crippen molar-refractivity contribution in [1.82, 2.24) is 14.8 Å². The van der Waals surface area contributed by atoms with E-state index in [9.17, 15) is 21.6 Å². The second-order valence-electron chi connectivity index (χ2n) is 6.11. The number of benzene rings is 1. The zero-order chi connectivity index (χ0) is 20.8. The number of furan rings is 1. The van der Waals surface area contributed by atoms with Gasteiger partial charge in [-0.15, -0.1) is 0 Å². The maximum Gasteiger partial charge on any atom is 0.435 e. The van der Waals surface area contributed by atoms with Gasteiger partial charge in [0.1, 0.15) is 9.97 Å². The lowest BCUT2D eigenvalue weighted by Crippen LogP contribution is -2.07. The molecule has 0 aliphatic rings. The van der Waals surface area contributed by atoms with Crippen LogP contribution >= 0.6 is 11.3 Å². The Bertz CT molecular complexity index is 1260. The van der Waals surface area contributed by atoms with Gasteiger partial charge < -0.3 is 4.42 Å². The third-order valence-corrected chi connectivity index (χ3v) is 6.77. The first-order chi connectivity index (χ1) is 13.6. The van der Waals surface area contributed by atoms with E-state index in [2.05, 4.69) is 10.1 Å². The lowest BCUT2D eigenvalue weighted by atomic mass is 10.1. The fraction of sp³-hybridized carbons (Fsp3) is 0.111. The second kappa shape index (κ2) is 6.85. The van der Waals surface area contributed by atoms with E-state index in [-0.39, 0.29) is 15.0 Å². The minimum atomic E-state index is -4.66. The molecule has 3 heterocycles. The fourth-order valence-corrected chi connectivity index (χ4v) is 4.33. The molecular weight excluding hydrogens is 427 g/mol. The molecule has 0 fully saturated rings. The molecule has 0 spiro atoms. The Hall–Kier alpha value is -2.92. The van der Waals surface area contributed by atoms with Crippen molar-refractivity contribution in [1.29, 1.82) is 0 Å². The third-order valence-electron chi connectivity index (χ3n) is 4.01. The first-order valence-electron chi connectivity index (χ1n) is 8.11. The van der Waals surface area contributed by atoms with E-state index in [1.165, 1.54) is 6.26 Å². The molecule has 0 aliphatic heterocycles. The highest BCUT2D eigenvalue weighted by Gasteiger charge is 2.35. The standard InChI is InChI=1S/C18H12F3N3O3S2/c1-29(25,26)16-10-22-17(28-16)24-13(9-15(23-24)18(19,20)21)11-4-6-12(7-5-11)14-3-2-8-27-14/h2-10H,1H3. The molecule has 1 aromatic carbocycles. The van der Waals surface area contributed by atoms with Gasteiger partial charge in [-0.25, -0.2) is 18.1 Å². The summed E-state index contributed by atoms with van der Waals surface area (Å²) in [7, 11) is -3.54. The van der Waals surface area contributed by atoms with E-state index >= 15 is 0 Å². The summed E-state index contributed by atoms with van der Waals surface area (Å²) in [6, 6.07) is 11.1. The van der Waals surface area contributed by atoms with Crippen LogP contribution in [0.15, 0.2) is 63.6 Å². The van der Waals surface area contributed by atoms with Crippen molar-refractivity contribution in [3.05, 3.63) is 60.6 Å². The highest BCUT2D eigenvalue weighted by Crippen LogP contribution is 2.35. The quantitative estimate of drug-likeness (QED) is 0.462. The number of nitrogens with zero attached hydrogens (tertiary/aromatic N) is 3. The molecule has 150 valence electrons. The van der Waals surface area contributed by atoms with Crippen molar-refractivity contribution in [3.8, 4) is 27.7 Å². The van der Waals surface area contributed by atoms with Gasteiger partial charge in [0.15, 0.2) is 15.5 Å². The van der Waals surface area contributed by atoms with Crippen LogP contribution in [0.3, 0.4) is 0 Å². The summed E-state index contributed by atoms with van der Waals surface area (Å²) in [4.78, 5) is 3.95. The van der Waals surface area contributed by atoms with Gasteiger partial charge in [-0.2, -0.15) is 18.3 Å². The van der Waals surface area contributed by atoms with Gasteiger partial charge >= 0.3 is 6.18 Å². The average Bonchev–Trinajstić information content (AvgIpc) is 3.39. The number of aromatic nitrogens is 3. The molecule has 0 radical (unpaired) electrons. The highest BCUT2D eigenvalue weighted by molar-refractivity contribution is 7.92. The molecule has 0 saturated heterocycles. The zero-order valence-corrected chi connectivity index (χ0v) is 16.3. The molecule has 6 nitrogen and oxygen atoms in total. The first kappa shape index (κ1) is 19.4. The summed E-state index contributed by atoms with van der Waals surface area (Å²) in [5.41, 5.74) is 0.255. The number of thiazole rings is 1. The van der Waals surface area contributed by atoms with Crippen molar-refractivity contribution in [2.45, 2.75) is 10.4 Å². The number of alkyl halides is 3. The zero-order valence-electron chi connectivity index (χ0n) is 14.7. The molecular formula is C18H12F3N3O3S2. The number of rotatable bonds is 4. The average molecular weight is 439 g/mol.